The second-order valence-corrected chi connectivity index (χ2v) is 4.96. The first kappa shape index (κ1) is 11.6. The summed E-state index contributed by atoms with van der Waals surface area (Å²) in [6.45, 7) is 4.25. The third-order valence-corrected chi connectivity index (χ3v) is 3.98. The standard InChI is InChI=1S/C14H20FN/c1-9-4-6-13(15)12(8-9)11-5-7-14(16-3)10(11)2/h4,6,8,10-11,14,16H,5,7H2,1-3H3. The average molecular weight is 221 g/mol. The van der Waals surface area contributed by atoms with Crippen LogP contribution in [-0.2, 0) is 0 Å². The Morgan fingerprint density at radius 2 is 2.06 bits per heavy atom. The Balaban J connectivity index is 2.28. The van der Waals surface area contributed by atoms with Gasteiger partial charge in [-0.3, -0.25) is 0 Å². The van der Waals surface area contributed by atoms with Gasteiger partial charge in [-0.05, 0) is 50.3 Å². The smallest absolute Gasteiger partial charge is 0.126 e. The first-order chi connectivity index (χ1) is 7.63. The van der Waals surface area contributed by atoms with Crippen molar-refractivity contribution in [1.82, 2.24) is 5.32 Å². The van der Waals surface area contributed by atoms with Crippen molar-refractivity contribution in [3.63, 3.8) is 0 Å². The number of benzene rings is 1. The molecule has 2 rings (SSSR count). The van der Waals surface area contributed by atoms with E-state index in [1.54, 1.807) is 6.07 Å². The van der Waals surface area contributed by atoms with Gasteiger partial charge in [0.1, 0.15) is 5.82 Å². The first-order valence-electron chi connectivity index (χ1n) is 6.06. The summed E-state index contributed by atoms with van der Waals surface area (Å²) in [4.78, 5) is 0. The summed E-state index contributed by atoms with van der Waals surface area (Å²) >= 11 is 0. The van der Waals surface area contributed by atoms with Crippen LogP contribution in [0.2, 0.25) is 0 Å². The van der Waals surface area contributed by atoms with Crippen molar-refractivity contribution in [2.75, 3.05) is 7.05 Å². The topological polar surface area (TPSA) is 12.0 Å². The molecule has 0 bridgehead atoms. The Hall–Kier alpha value is -0.890. The molecule has 1 aromatic rings. The van der Waals surface area contributed by atoms with Crippen LogP contribution in [0.4, 0.5) is 4.39 Å². The van der Waals surface area contributed by atoms with Gasteiger partial charge < -0.3 is 5.32 Å². The van der Waals surface area contributed by atoms with Crippen LogP contribution in [-0.4, -0.2) is 13.1 Å². The Labute approximate surface area is 97.1 Å². The van der Waals surface area contributed by atoms with Crippen molar-refractivity contribution in [1.29, 1.82) is 0 Å². The summed E-state index contributed by atoms with van der Waals surface area (Å²) < 4.78 is 13.8. The second kappa shape index (κ2) is 4.54. The molecule has 0 saturated heterocycles. The zero-order valence-corrected chi connectivity index (χ0v) is 10.3. The molecule has 0 heterocycles. The molecular formula is C14H20FN. The van der Waals surface area contributed by atoms with E-state index < -0.39 is 0 Å². The first-order valence-corrected chi connectivity index (χ1v) is 6.06. The van der Waals surface area contributed by atoms with E-state index in [1.165, 1.54) is 0 Å². The van der Waals surface area contributed by atoms with E-state index in [1.807, 2.05) is 26.1 Å². The van der Waals surface area contributed by atoms with Crippen LogP contribution in [0, 0.1) is 18.7 Å². The average Bonchev–Trinajstić information content (AvgIpc) is 2.63. The molecule has 3 unspecified atom stereocenters. The lowest BCUT2D eigenvalue weighted by Gasteiger charge is -2.21. The van der Waals surface area contributed by atoms with Crippen molar-refractivity contribution in [3.8, 4) is 0 Å². The van der Waals surface area contributed by atoms with Crippen LogP contribution < -0.4 is 5.32 Å². The molecule has 2 heteroatoms. The predicted molar refractivity (Wildman–Crippen MR) is 65.1 cm³/mol. The molecule has 1 nitrogen and oxygen atoms in total. The summed E-state index contributed by atoms with van der Waals surface area (Å²) in [5.41, 5.74) is 2.06. The van der Waals surface area contributed by atoms with Crippen molar-refractivity contribution in [2.24, 2.45) is 5.92 Å². The molecule has 1 N–H and O–H groups in total. The highest BCUT2D eigenvalue weighted by Gasteiger charge is 2.33. The van der Waals surface area contributed by atoms with Gasteiger partial charge in [0.25, 0.3) is 0 Å². The summed E-state index contributed by atoms with van der Waals surface area (Å²) in [6, 6.07) is 5.98. The number of aryl methyl sites for hydroxylation is 1. The third kappa shape index (κ3) is 1.99. The van der Waals surface area contributed by atoms with E-state index in [-0.39, 0.29) is 5.82 Å². The summed E-state index contributed by atoms with van der Waals surface area (Å²) in [6.07, 6.45) is 2.24. The molecule has 0 spiro atoms. The number of nitrogens with one attached hydrogen (secondary N) is 1. The summed E-state index contributed by atoms with van der Waals surface area (Å²) in [7, 11) is 2.00. The minimum atomic E-state index is -0.0424. The molecule has 1 aliphatic carbocycles. The van der Waals surface area contributed by atoms with Gasteiger partial charge in [0.2, 0.25) is 0 Å². The Morgan fingerprint density at radius 3 is 2.69 bits per heavy atom. The van der Waals surface area contributed by atoms with Gasteiger partial charge in [-0.25, -0.2) is 4.39 Å². The van der Waals surface area contributed by atoms with Crippen LogP contribution in [0.1, 0.15) is 36.8 Å². The van der Waals surface area contributed by atoms with Gasteiger partial charge in [-0.1, -0.05) is 24.6 Å². The van der Waals surface area contributed by atoms with Gasteiger partial charge in [0.05, 0.1) is 0 Å². The fraction of sp³-hybridized carbons (Fsp3) is 0.571. The highest BCUT2D eigenvalue weighted by Crippen LogP contribution is 2.40. The van der Waals surface area contributed by atoms with Crippen molar-refractivity contribution < 1.29 is 4.39 Å². The number of hydrogen-bond donors (Lipinski definition) is 1. The van der Waals surface area contributed by atoms with Crippen LogP contribution >= 0.6 is 0 Å². The normalized spacial score (nSPS) is 29.6. The second-order valence-electron chi connectivity index (χ2n) is 4.96. The zero-order valence-electron chi connectivity index (χ0n) is 10.3. The van der Waals surface area contributed by atoms with Gasteiger partial charge in [0, 0.05) is 6.04 Å². The molecule has 1 aliphatic rings. The van der Waals surface area contributed by atoms with E-state index in [4.69, 9.17) is 0 Å². The van der Waals surface area contributed by atoms with E-state index in [0.717, 1.165) is 24.0 Å². The zero-order chi connectivity index (χ0) is 11.7. The Morgan fingerprint density at radius 1 is 1.31 bits per heavy atom. The summed E-state index contributed by atoms with van der Waals surface area (Å²) in [5, 5.41) is 3.33. The molecule has 1 saturated carbocycles. The third-order valence-electron chi connectivity index (χ3n) is 3.98. The fourth-order valence-electron chi connectivity index (χ4n) is 2.96. The van der Waals surface area contributed by atoms with Crippen molar-refractivity contribution in [2.45, 2.75) is 38.6 Å². The molecule has 1 fully saturated rings. The van der Waals surface area contributed by atoms with Gasteiger partial charge in [-0.2, -0.15) is 0 Å². The molecular weight excluding hydrogens is 201 g/mol. The Bertz CT molecular complexity index is 375. The molecule has 0 aromatic heterocycles. The molecule has 16 heavy (non-hydrogen) atoms. The Kier molecular flexibility index (Phi) is 3.29. The highest BCUT2D eigenvalue weighted by atomic mass is 19.1. The quantitative estimate of drug-likeness (QED) is 0.808. The SMILES string of the molecule is CNC1CCC(c2cc(C)ccc2F)C1C. The number of hydrogen-bond acceptors (Lipinski definition) is 1. The van der Waals surface area contributed by atoms with Gasteiger partial charge >= 0.3 is 0 Å². The van der Waals surface area contributed by atoms with Gasteiger partial charge in [0.15, 0.2) is 0 Å². The number of halogens is 1. The van der Waals surface area contributed by atoms with E-state index in [2.05, 4.69) is 12.2 Å². The lowest BCUT2D eigenvalue weighted by Crippen LogP contribution is -2.29. The maximum Gasteiger partial charge on any atom is 0.126 e. The monoisotopic (exact) mass is 221 g/mol. The van der Waals surface area contributed by atoms with Crippen molar-refractivity contribution in [3.05, 3.63) is 35.1 Å². The highest BCUT2D eigenvalue weighted by molar-refractivity contribution is 5.29. The minimum absolute atomic E-state index is 0.0424. The molecule has 3 atom stereocenters. The largest absolute Gasteiger partial charge is 0.317 e. The lowest BCUT2D eigenvalue weighted by atomic mass is 9.88. The summed E-state index contributed by atoms with van der Waals surface area (Å²) in [5.74, 6) is 0.845. The molecule has 0 amide bonds. The fourth-order valence-corrected chi connectivity index (χ4v) is 2.96. The van der Waals surface area contributed by atoms with Crippen LogP contribution in [0.15, 0.2) is 18.2 Å². The molecule has 1 aromatic carbocycles. The van der Waals surface area contributed by atoms with E-state index in [0.29, 0.717) is 17.9 Å². The maximum absolute atomic E-state index is 13.8. The minimum Gasteiger partial charge on any atom is -0.317 e. The van der Waals surface area contributed by atoms with E-state index in [9.17, 15) is 4.39 Å². The van der Waals surface area contributed by atoms with Gasteiger partial charge in [-0.15, -0.1) is 0 Å². The predicted octanol–water partition coefficient (Wildman–Crippen LogP) is 3.24. The van der Waals surface area contributed by atoms with Crippen molar-refractivity contribution >= 4 is 0 Å². The number of rotatable bonds is 2. The molecule has 88 valence electrons. The van der Waals surface area contributed by atoms with Crippen LogP contribution in [0.5, 0.6) is 0 Å². The van der Waals surface area contributed by atoms with Crippen LogP contribution in [0.25, 0.3) is 0 Å². The molecule has 0 aliphatic heterocycles. The maximum atomic E-state index is 13.8. The van der Waals surface area contributed by atoms with Crippen LogP contribution in [0.3, 0.4) is 0 Å². The van der Waals surface area contributed by atoms with E-state index >= 15 is 0 Å². The lowest BCUT2D eigenvalue weighted by molar-refractivity contribution is 0.420. The molecule has 0 radical (unpaired) electrons.